The summed E-state index contributed by atoms with van der Waals surface area (Å²) in [4.78, 5) is 37.8. The van der Waals surface area contributed by atoms with Gasteiger partial charge in [0.05, 0.1) is 34.4 Å². The van der Waals surface area contributed by atoms with E-state index in [-0.39, 0.29) is 38.2 Å². The highest BCUT2D eigenvalue weighted by molar-refractivity contribution is 5.71. The van der Waals surface area contributed by atoms with E-state index in [0.717, 1.165) is 77.0 Å². The molecule has 0 spiro atoms. The lowest BCUT2D eigenvalue weighted by molar-refractivity contribution is -0.870. The molecular weight excluding hydrogens is 1210 g/mol. The van der Waals surface area contributed by atoms with Crippen LogP contribution in [0.4, 0.5) is 0 Å². The van der Waals surface area contributed by atoms with Crippen molar-refractivity contribution in [3.63, 3.8) is 0 Å². The lowest BCUT2D eigenvalue weighted by Gasteiger charge is -2.25. The average molecular weight is 1380 g/mol. The molecule has 572 valence electrons. The Morgan fingerprint density at radius 1 is 0.316 bits per heavy atom. The summed E-state index contributed by atoms with van der Waals surface area (Å²) >= 11 is 0. The average Bonchev–Trinajstić information content (AvgIpc) is 1.14. The minimum absolute atomic E-state index is 0.179. The van der Waals surface area contributed by atoms with Crippen molar-refractivity contribution in [1.82, 2.24) is 0 Å². The van der Waals surface area contributed by atoms with E-state index in [1.165, 1.54) is 315 Å². The van der Waals surface area contributed by atoms with Crippen LogP contribution in [-0.4, -0.2) is 87.4 Å². The van der Waals surface area contributed by atoms with Crippen LogP contribution in [-0.2, 0) is 33.3 Å². The van der Waals surface area contributed by atoms with Crippen LogP contribution in [0.3, 0.4) is 0 Å². The number of quaternary nitrogens is 1. The van der Waals surface area contributed by atoms with E-state index >= 15 is 0 Å². The van der Waals surface area contributed by atoms with Crippen LogP contribution < -0.4 is 0 Å². The Labute approximate surface area is 608 Å². The Hall–Kier alpha value is -3.27. The largest absolute Gasteiger partial charge is 0.477 e. The van der Waals surface area contributed by atoms with Gasteiger partial charge in [0.2, 0.25) is 0 Å². The molecule has 0 amide bonds. The second kappa shape index (κ2) is 79.4. The fourth-order valence-corrected chi connectivity index (χ4v) is 12.8. The summed E-state index contributed by atoms with van der Waals surface area (Å²) in [5.74, 6) is -1.98. The molecule has 0 aliphatic rings. The van der Waals surface area contributed by atoms with Crippen molar-refractivity contribution >= 4 is 17.9 Å². The van der Waals surface area contributed by atoms with E-state index in [9.17, 15) is 19.5 Å². The Balaban J connectivity index is 3.94. The number of aliphatic carboxylic acids is 1. The molecule has 0 aromatic rings. The van der Waals surface area contributed by atoms with Crippen molar-refractivity contribution in [2.24, 2.45) is 0 Å². The molecule has 9 nitrogen and oxygen atoms in total. The van der Waals surface area contributed by atoms with Gasteiger partial charge in [-0.15, -0.1) is 0 Å². The molecule has 0 aliphatic heterocycles. The van der Waals surface area contributed by atoms with Crippen molar-refractivity contribution in [3.8, 4) is 0 Å². The van der Waals surface area contributed by atoms with Gasteiger partial charge in [-0.05, 0) is 64.2 Å². The summed E-state index contributed by atoms with van der Waals surface area (Å²) in [6.45, 7) is 4.83. The maximum absolute atomic E-state index is 13.0. The number of carbonyl (C=O) groups excluding carboxylic acids is 2. The van der Waals surface area contributed by atoms with Crippen LogP contribution in [0.1, 0.15) is 418 Å². The zero-order chi connectivity index (χ0) is 71.1. The van der Waals surface area contributed by atoms with Crippen molar-refractivity contribution in [2.75, 3.05) is 47.5 Å². The van der Waals surface area contributed by atoms with E-state index in [1.54, 1.807) is 0 Å². The lowest BCUT2D eigenvalue weighted by Crippen LogP contribution is -2.40. The first-order chi connectivity index (χ1) is 48.1. The molecule has 0 radical (unpaired) electrons. The van der Waals surface area contributed by atoms with Crippen molar-refractivity contribution in [3.05, 3.63) is 72.9 Å². The number of hydrogen-bond donors (Lipinski definition) is 1. The van der Waals surface area contributed by atoms with E-state index in [2.05, 4.69) is 86.8 Å². The Kier molecular flexibility index (Phi) is 76.8. The fourth-order valence-electron chi connectivity index (χ4n) is 12.8. The number of allylic oxidation sites excluding steroid dienone is 12. The lowest BCUT2D eigenvalue weighted by atomic mass is 10.0. The number of carboxylic acid groups (broad SMARTS) is 1. The van der Waals surface area contributed by atoms with Crippen LogP contribution in [0.15, 0.2) is 72.9 Å². The maximum atomic E-state index is 13.0. The second-order valence-electron chi connectivity index (χ2n) is 30.1. The van der Waals surface area contributed by atoms with Gasteiger partial charge in [0, 0.05) is 12.8 Å². The number of rotatable bonds is 80. The molecule has 0 bridgehead atoms. The zero-order valence-corrected chi connectivity index (χ0v) is 65.7. The number of likely N-dealkylation sites (N-methyl/N-ethyl adjacent to an activating group) is 1. The predicted octanol–water partition coefficient (Wildman–Crippen LogP) is 27.5. The van der Waals surface area contributed by atoms with Gasteiger partial charge in [0.1, 0.15) is 13.2 Å². The number of carbonyl (C=O) groups is 3. The highest BCUT2D eigenvalue weighted by atomic mass is 16.7. The summed E-state index contributed by atoms with van der Waals surface area (Å²) in [5, 5.41) is 9.78. The van der Waals surface area contributed by atoms with Crippen molar-refractivity contribution < 1.29 is 42.9 Å². The molecule has 0 heterocycles. The maximum Gasteiger partial charge on any atom is 0.361 e. The van der Waals surface area contributed by atoms with Crippen LogP contribution in [0.5, 0.6) is 0 Å². The number of carboxylic acids is 1. The van der Waals surface area contributed by atoms with Gasteiger partial charge in [-0.25, -0.2) is 4.79 Å². The SMILES string of the molecule is CC/C=C\C/C=C\C/C=C\C/C=C\C/C=C\C/C=C\CCCCCCCCCCCCCCCCC(=O)OC(COC(=O)CCCCCCCCCCCCCCCCCCCCCCCCCCCCCCCCCCCCCCCCCC)COC(OCC[N+](C)(C)C)C(=O)O. The first-order valence-electron chi connectivity index (χ1n) is 42.6. The van der Waals surface area contributed by atoms with Crippen molar-refractivity contribution in [1.29, 1.82) is 0 Å². The molecule has 0 saturated carbocycles. The van der Waals surface area contributed by atoms with E-state index < -0.39 is 18.4 Å². The van der Waals surface area contributed by atoms with Crippen LogP contribution >= 0.6 is 0 Å². The molecule has 0 aromatic carbocycles. The normalized spacial score (nSPS) is 12.9. The molecule has 2 atom stereocenters. The predicted molar refractivity (Wildman–Crippen MR) is 424 cm³/mol. The third-order valence-corrected chi connectivity index (χ3v) is 19.2. The third kappa shape index (κ3) is 80.0. The highest BCUT2D eigenvalue weighted by Crippen LogP contribution is 2.20. The molecule has 1 N–H and O–H groups in total. The second-order valence-corrected chi connectivity index (χ2v) is 30.1. The van der Waals surface area contributed by atoms with E-state index in [0.29, 0.717) is 17.4 Å². The summed E-state index contributed by atoms with van der Waals surface area (Å²) < 4.78 is 23.1. The van der Waals surface area contributed by atoms with Gasteiger partial charge in [0.15, 0.2) is 6.10 Å². The van der Waals surface area contributed by atoms with Crippen LogP contribution in [0.25, 0.3) is 0 Å². The number of unbranched alkanes of at least 4 members (excludes halogenated alkanes) is 53. The molecule has 98 heavy (non-hydrogen) atoms. The Morgan fingerprint density at radius 2 is 0.582 bits per heavy atom. The first-order valence-corrected chi connectivity index (χ1v) is 42.6. The summed E-state index contributed by atoms with van der Waals surface area (Å²) in [7, 11) is 6.00. The minimum Gasteiger partial charge on any atom is -0.477 e. The number of nitrogens with zero attached hydrogens (tertiary/aromatic N) is 1. The van der Waals surface area contributed by atoms with Gasteiger partial charge in [0.25, 0.3) is 6.29 Å². The minimum atomic E-state index is -1.51. The quantitative estimate of drug-likeness (QED) is 0.0211. The Bertz CT molecular complexity index is 1850. The van der Waals surface area contributed by atoms with E-state index in [1.807, 2.05) is 21.1 Å². The molecule has 2 unspecified atom stereocenters. The monoisotopic (exact) mass is 1380 g/mol. The molecule has 0 aromatic heterocycles. The number of hydrogen-bond acceptors (Lipinski definition) is 7. The molecular formula is C89H164NO8+. The molecule has 0 fully saturated rings. The Morgan fingerprint density at radius 3 is 0.867 bits per heavy atom. The van der Waals surface area contributed by atoms with Gasteiger partial charge in [-0.1, -0.05) is 414 Å². The molecule has 0 rings (SSSR count). The van der Waals surface area contributed by atoms with Gasteiger partial charge in [-0.2, -0.15) is 0 Å². The summed E-state index contributed by atoms with van der Waals surface area (Å²) in [5.41, 5.74) is 0. The standard InChI is InChI=1S/C89H163NO8/c1-6-8-10-12-14-16-18-20-22-24-26-28-30-32-34-36-38-40-41-42-43-44-45-46-48-49-51-53-55-57-59-61-63-65-67-69-71-73-75-77-79-86(91)96-83-85(84-97-89(88(93)94)95-82-81-90(3,4)5)98-87(92)80-78-76-74-72-70-68-66-64-62-60-58-56-54-52-50-47-39-37-35-33-31-29-27-25-23-21-19-17-15-13-11-9-7-2/h9,11,15,17,21,23,27,29,33,35,39,47,85,89H,6-8,10,12-14,16,18-20,22,24-26,28,30-32,34,36-38,40-46,48-84H2,1-5H3/p+1/b11-9-,17-15-,23-21-,29-27-,35-33-,47-39-. The third-order valence-electron chi connectivity index (χ3n) is 19.2. The summed E-state index contributed by atoms with van der Waals surface area (Å²) in [6, 6.07) is 0. The molecule has 9 heteroatoms. The number of esters is 2. The van der Waals surface area contributed by atoms with Gasteiger partial charge >= 0.3 is 17.9 Å². The van der Waals surface area contributed by atoms with Gasteiger partial charge < -0.3 is 28.5 Å². The topological polar surface area (TPSA) is 108 Å². The van der Waals surface area contributed by atoms with Crippen molar-refractivity contribution in [2.45, 2.75) is 431 Å². The highest BCUT2D eigenvalue weighted by Gasteiger charge is 2.25. The van der Waals surface area contributed by atoms with Crippen LogP contribution in [0, 0.1) is 0 Å². The van der Waals surface area contributed by atoms with Gasteiger partial charge in [-0.3, -0.25) is 9.59 Å². The fraction of sp³-hybridized carbons (Fsp3) is 0.831. The van der Waals surface area contributed by atoms with Crippen LogP contribution in [0.2, 0.25) is 0 Å². The number of ether oxygens (including phenoxy) is 4. The first kappa shape index (κ1) is 94.7. The smallest absolute Gasteiger partial charge is 0.361 e. The summed E-state index contributed by atoms with van der Waals surface area (Å²) in [6.07, 6.45) is 105. The molecule has 0 saturated heterocycles. The van der Waals surface area contributed by atoms with E-state index in [4.69, 9.17) is 18.9 Å². The zero-order valence-electron chi connectivity index (χ0n) is 65.7. The molecule has 0 aliphatic carbocycles.